The summed E-state index contributed by atoms with van der Waals surface area (Å²) in [5.74, 6) is -0.232. The van der Waals surface area contributed by atoms with Crippen molar-refractivity contribution in [1.82, 2.24) is 4.90 Å². The van der Waals surface area contributed by atoms with E-state index in [-0.39, 0.29) is 11.9 Å². The zero-order valence-electron chi connectivity index (χ0n) is 8.20. The van der Waals surface area contributed by atoms with E-state index in [1.165, 1.54) is 12.8 Å². The van der Waals surface area contributed by atoms with E-state index in [0.717, 1.165) is 13.0 Å². The van der Waals surface area contributed by atoms with Crippen molar-refractivity contribution in [3.05, 3.63) is 0 Å². The molecule has 1 rings (SSSR count). The molecule has 4 N–H and O–H groups in total. The van der Waals surface area contributed by atoms with Crippen LogP contribution in [0, 0.1) is 0 Å². The molecule has 1 unspecified atom stereocenters. The highest BCUT2D eigenvalue weighted by molar-refractivity contribution is 5.79. The van der Waals surface area contributed by atoms with Gasteiger partial charge < -0.3 is 11.5 Å². The summed E-state index contributed by atoms with van der Waals surface area (Å²) in [4.78, 5) is 13.2. The first-order valence-corrected chi connectivity index (χ1v) is 4.92. The van der Waals surface area contributed by atoms with Gasteiger partial charge in [0.25, 0.3) is 0 Å². The van der Waals surface area contributed by atoms with Crippen molar-refractivity contribution >= 4 is 5.91 Å². The van der Waals surface area contributed by atoms with E-state index < -0.39 is 0 Å². The lowest BCUT2D eigenvalue weighted by atomic mass is 10.2. The Morgan fingerprint density at radius 2 is 2.23 bits per heavy atom. The molecule has 1 amide bonds. The summed E-state index contributed by atoms with van der Waals surface area (Å²) in [6.07, 6.45) is 3.33. The maximum Gasteiger partial charge on any atom is 0.234 e. The molecule has 0 heterocycles. The van der Waals surface area contributed by atoms with Gasteiger partial charge in [0, 0.05) is 12.6 Å². The van der Waals surface area contributed by atoms with Gasteiger partial charge in [0.2, 0.25) is 5.91 Å². The largest absolute Gasteiger partial charge is 0.368 e. The average Bonchev–Trinajstić information content (AvgIpc) is 2.88. The van der Waals surface area contributed by atoms with Crippen molar-refractivity contribution in [1.29, 1.82) is 0 Å². The highest BCUT2D eigenvalue weighted by atomic mass is 16.1. The number of nitrogens with two attached hydrogens (primary N) is 2. The van der Waals surface area contributed by atoms with Gasteiger partial charge in [-0.15, -0.1) is 0 Å². The monoisotopic (exact) mass is 185 g/mol. The summed E-state index contributed by atoms with van der Waals surface area (Å²) in [6, 6.07) is 0.438. The van der Waals surface area contributed by atoms with Crippen LogP contribution in [-0.4, -0.2) is 36.0 Å². The first kappa shape index (κ1) is 10.5. The van der Waals surface area contributed by atoms with Gasteiger partial charge in [0.1, 0.15) is 0 Å². The van der Waals surface area contributed by atoms with Crippen LogP contribution in [0.3, 0.4) is 0 Å². The Morgan fingerprint density at radius 1 is 1.62 bits per heavy atom. The molecule has 0 aromatic heterocycles. The Bertz CT molecular complexity index is 180. The fourth-order valence-electron chi connectivity index (χ4n) is 1.54. The molecule has 76 valence electrons. The summed E-state index contributed by atoms with van der Waals surface area (Å²) in [7, 11) is 0. The van der Waals surface area contributed by atoms with Gasteiger partial charge in [0.15, 0.2) is 0 Å². The van der Waals surface area contributed by atoms with E-state index in [2.05, 4.69) is 4.90 Å². The van der Waals surface area contributed by atoms with Crippen LogP contribution >= 0.6 is 0 Å². The smallest absolute Gasteiger partial charge is 0.234 e. The third-order valence-corrected chi connectivity index (χ3v) is 2.55. The van der Waals surface area contributed by atoms with Crippen LogP contribution in [0.2, 0.25) is 0 Å². The topological polar surface area (TPSA) is 72.4 Å². The summed E-state index contributed by atoms with van der Waals surface area (Å²) in [6.45, 7) is 3.44. The van der Waals surface area contributed by atoms with Gasteiger partial charge in [-0.3, -0.25) is 9.69 Å². The van der Waals surface area contributed by atoms with Crippen LogP contribution in [0.25, 0.3) is 0 Å². The Morgan fingerprint density at radius 3 is 2.62 bits per heavy atom. The lowest BCUT2D eigenvalue weighted by molar-refractivity contribution is -0.122. The molecule has 1 saturated carbocycles. The van der Waals surface area contributed by atoms with Gasteiger partial charge in [-0.25, -0.2) is 0 Å². The van der Waals surface area contributed by atoms with E-state index in [9.17, 15) is 4.79 Å². The summed E-state index contributed by atoms with van der Waals surface area (Å²) >= 11 is 0. The molecule has 0 bridgehead atoms. The minimum atomic E-state index is -0.232. The van der Waals surface area contributed by atoms with Crippen molar-refractivity contribution in [3.63, 3.8) is 0 Å². The van der Waals surface area contributed by atoms with Gasteiger partial charge in [0.05, 0.1) is 6.04 Å². The van der Waals surface area contributed by atoms with Gasteiger partial charge in [-0.2, -0.15) is 0 Å². The standard InChI is InChI=1S/C9H19N3O/c1-7(9(11)13)12(6-2-5-10)8-3-4-8/h7-8H,2-6,10H2,1H3,(H2,11,13). The van der Waals surface area contributed by atoms with Gasteiger partial charge in [-0.1, -0.05) is 0 Å². The van der Waals surface area contributed by atoms with Crippen LogP contribution in [0.5, 0.6) is 0 Å². The molecule has 4 heteroatoms. The fraction of sp³-hybridized carbons (Fsp3) is 0.889. The molecule has 1 fully saturated rings. The molecule has 0 radical (unpaired) electrons. The minimum absolute atomic E-state index is 0.140. The van der Waals surface area contributed by atoms with E-state index in [1.54, 1.807) is 0 Å². The summed E-state index contributed by atoms with van der Waals surface area (Å²) in [5.41, 5.74) is 10.7. The van der Waals surface area contributed by atoms with Crippen LogP contribution in [0.15, 0.2) is 0 Å². The van der Waals surface area contributed by atoms with E-state index in [4.69, 9.17) is 11.5 Å². The molecule has 1 aliphatic rings. The zero-order valence-corrected chi connectivity index (χ0v) is 8.20. The van der Waals surface area contributed by atoms with Crippen molar-refractivity contribution in [2.45, 2.75) is 38.3 Å². The number of rotatable bonds is 6. The molecule has 0 saturated heterocycles. The van der Waals surface area contributed by atoms with Crippen LogP contribution in [0.1, 0.15) is 26.2 Å². The lowest BCUT2D eigenvalue weighted by Gasteiger charge is -2.26. The molecular weight excluding hydrogens is 166 g/mol. The molecule has 0 aromatic rings. The van der Waals surface area contributed by atoms with E-state index in [0.29, 0.717) is 12.6 Å². The molecule has 13 heavy (non-hydrogen) atoms. The number of hydrogen-bond acceptors (Lipinski definition) is 3. The molecule has 4 nitrogen and oxygen atoms in total. The molecule has 1 aliphatic carbocycles. The van der Waals surface area contributed by atoms with Crippen molar-refractivity contribution in [2.24, 2.45) is 11.5 Å². The highest BCUT2D eigenvalue weighted by Gasteiger charge is 2.33. The highest BCUT2D eigenvalue weighted by Crippen LogP contribution is 2.28. The summed E-state index contributed by atoms with van der Waals surface area (Å²) in [5, 5.41) is 0. The molecular formula is C9H19N3O. The Hall–Kier alpha value is -0.610. The Labute approximate surface area is 79.3 Å². The maximum absolute atomic E-state index is 11.0. The second kappa shape index (κ2) is 4.58. The van der Waals surface area contributed by atoms with Crippen LogP contribution < -0.4 is 11.5 Å². The molecule has 0 spiro atoms. The maximum atomic E-state index is 11.0. The average molecular weight is 185 g/mol. The van der Waals surface area contributed by atoms with Crippen molar-refractivity contribution in [2.75, 3.05) is 13.1 Å². The predicted molar refractivity (Wildman–Crippen MR) is 52.1 cm³/mol. The van der Waals surface area contributed by atoms with Gasteiger partial charge in [-0.05, 0) is 32.7 Å². The zero-order chi connectivity index (χ0) is 9.84. The summed E-state index contributed by atoms with van der Waals surface area (Å²) < 4.78 is 0. The minimum Gasteiger partial charge on any atom is -0.368 e. The number of nitrogens with zero attached hydrogens (tertiary/aromatic N) is 1. The van der Waals surface area contributed by atoms with Crippen LogP contribution in [-0.2, 0) is 4.79 Å². The predicted octanol–water partition coefficient (Wildman–Crippen LogP) is -0.327. The quantitative estimate of drug-likeness (QED) is 0.595. The third kappa shape index (κ3) is 2.97. The van der Waals surface area contributed by atoms with Gasteiger partial charge >= 0.3 is 0 Å². The molecule has 0 aromatic carbocycles. The van der Waals surface area contributed by atoms with E-state index in [1.807, 2.05) is 6.92 Å². The molecule has 0 aliphatic heterocycles. The SMILES string of the molecule is CC(C(N)=O)N(CCCN)C1CC1. The number of amides is 1. The van der Waals surface area contributed by atoms with Crippen molar-refractivity contribution < 1.29 is 4.79 Å². The van der Waals surface area contributed by atoms with Crippen LogP contribution in [0.4, 0.5) is 0 Å². The Balaban J connectivity index is 2.40. The van der Waals surface area contributed by atoms with Crippen molar-refractivity contribution in [3.8, 4) is 0 Å². The number of carbonyl (C=O) groups is 1. The van der Waals surface area contributed by atoms with E-state index >= 15 is 0 Å². The number of carbonyl (C=O) groups excluding carboxylic acids is 1. The second-order valence-corrected chi connectivity index (χ2v) is 3.69. The fourth-order valence-corrected chi connectivity index (χ4v) is 1.54. The molecule has 1 atom stereocenters. The Kier molecular flexibility index (Phi) is 3.69. The number of primary amides is 1. The third-order valence-electron chi connectivity index (χ3n) is 2.55. The first-order valence-electron chi connectivity index (χ1n) is 4.92. The number of hydrogen-bond donors (Lipinski definition) is 2. The lowest BCUT2D eigenvalue weighted by Crippen LogP contribution is -2.44. The normalized spacial score (nSPS) is 19.0. The second-order valence-electron chi connectivity index (χ2n) is 3.69. The first-order chi connectivity index (χ1) is 6.16.